The number of hydrogen-bond acceptors (Lipinski definition) is 4. The second kappa shape index (κ2) is 5.61. The second-order valence-corrected chi connectivity index (χ2v) is 3.51. The number of phenols is 1. The molecule has 1 atom stereocenters. The first-order valence-electron chi connectivity index (χ1n) is 5.48. The number of nitrogens with two attached hydrogens (primary N) is 1. The van der Waals surface area contributed by atoms with E-state index in [0.29, 0.717) is 30.3 Å². The highest BCUT2D eigenvalue weighted by Crippen LogP contribution is 2.36. The van der Waals surface area contributed by atoms with Gasteiger partial charge in [0.1, 0.15) is 17.2 Å². The van der Waals surface area contributed by atoms with Gasteiger partial charge in [0.15, 0.2) is 0 Å². The average molecular weight is 225 g/mol. The summed E-state index contributed by atoms with van der Waals surface area (Å²) >= 11 is 0. The van der Waals surface area contributed by atoms with Gasteiger partial charge in [-0.05, 0) is 20.8 Å². The first kappa shape index (κ1) is 12.6. The molecule has 0 aliphatic carbocycles. The zero-order valence-electron chi connectivity index (χ0n) is 9.99. The third-order valence-electron chi connectivity index (χ3n) is 2.16. The van der Waals surface area contributed by atoms with Gasteiger partial charge < -0.3 is 20.3 Å². The topological polar surface area (TPSA) is 64.7 Å². The first-order valence-corrected chi connectivity index (χ1v) is 5.48. The Bertz CT molecular complexity index is 350. The summed E-state index contributed by atoms with van der Waals surface area (Å²) in [4.78, 5) is 0. The molecule has 0 radical (unpaired) electrons. The quantitative estimate of drug-likeness (QED) is 0.806. The van der Waals surface area contributed by atoms with Crippen molar-refractivity contribution in [2.75, 3.05) is 13.2 Å². The van der Waals surface area contributed by atoms with Crippen LogP contribution in [0.25, 0.3) is 0 Å². The standard InChI is InChI=1S/C12H19NO3/c1-4-15-9-6-10(14)12(8(3)13)11(7-9)16-5-2/h6-8,14H,4-5,13H2,1-3H3/t8-/m0/s1. The van der Waals surface area contributed by atoms with Crippen molar-refractivity contribution in [1.82, 2.24) is 0 Å². The van der Waals surface area contributed by atoms with E-state index in [9.17, 15) is 5.11 Å². The van der Waals surface area contributed by atoms with Crippen molar-refractivity contribution in [3.05, 3.63) is 17.7 Å². The predicted octanol–water partition coefficient (Wildman–Crippen LogP) is 2.21. The summed E-state index contributed by atoms with van der Waals surface area (Å²) in [5.74, 6) is 1.29. The van der Waals surface area contributed by atoms with Gasteiger partial charge in [-0.2, -0.15) is 0 Å². The summed E-state index contributed by atoms with van der Waals surface area (Å²) in [5, 5.41) is 9.86. The summed E-state index contributed by atoms with van der Waals surface area (Å²) in [6.45, 7) is 6.64. The van der Waals surface area contributed by atoms with Crippen LogP contribution >= 0.6 is 0 Å². The molecule has 90 valence electrons. The summed E-state index contributed by atoms with van der Waals surface area (Å²) in [6, 6.07) is 3.04. The van der Waals surface area contributed by atoms with Crippen molar-refractivity contribution in [2.45, 2.75) is 26.8 Å². The Morgan fingerprint density at radius 1 is 1.25 bits per heavy atom. The number of phenolic OH excluding ortho intramolecular Hbond substituents is 1. The minimum atomic E-state index is -0.280. The number of aromatic hydroxyl groups is 1. The number of hydrogen-bond donors (Lipinski definition) is 2. The smallest absolute Gasteiger partial charge is 0.131 e. The Hall–Kier alpha value is -1.42. The number of rotatable bonds is 5. The Balaban J connectivity index is 3.16. The molecule has 16 heavy (non-hydrogen) atoms. The molecular formula is C12H19NO3. The second-order valence-electron chi connectivity index (χ2n) is 3.51. The van der Waals surface area contributed by atoms with Crippen LogP contribution < -0.4 is 15.2 Å². The fourth-order valence-corrected chi connectivity index (χ4v) is 1.57. The van der Waals surface area contributed by atoms with Gasteiger partial charge in [-0.25, -0.2) is 0 Å². The van der Waals surface area contributed by atoms with E-state index < -0.39 is 0 Å². The molecule has 0 amide bonds. The van der Waals surface area contributed by atoms with E-state index in [-0.39, 0.29) is 11.8 Å². The molecule has 1 rings (SSSR count). The van der Waals surface area contributed by atoms with Gasteiger partial charge in [0, 0.05) is 18.2 Å². The largest absolute Gasteiger partial charge is 0.507 e. The van der Waals surface area contributed by atoms with Gasteiger partial charge in [0.25, 0.3) is 0 Å². The number of benzene rings is 1. The third-order valence-corrected chi connectivity index (χ3v) is 2.16. The van der Waals surface area contributed by atoms with E-state index >= 15 is 0 Å². The number of ether oxygens (including phenoxy) is 2. The van der Waals surface area contributed by atoms with Crippen molar-refractivity contribution in [2.24, 2.45) is 5.73 Å². The van der Waals surface area contributed by atoms with Crippen LogP contribution in [0.5, 0.6) is 17.2 Å². The van der Waals surface area contributed by atoms with Gasteiger partial charge in [-0.1, -0.05) is 0 Å². The van der Waals surface area contributed by atoms with Crippen molar-refractivity contribution in [3.63, 3.8) is 0 Å². The molecule has 4 nitrogen and oxygen atoms in total. The van der Waals surface area contributed by atoms with E-state index in [4.69, 9.17) is 15.2 Å². The van der Waals surface area contributed by atoms with Crippen molar-refractivity contribution in [3.8, 4) is 17.2 Å². The SMILES string of the molecule is CCOc1cc(O)c([C@H](C)N)c(OCC)c1. The zero-order valence-corrected chi connectivity index (χ0v) is 9.99. The summed E-state index contributed by atoms with van der Waals surface area (Å²) in [6.07, 6.45) is 0. The van der Waals surface area contributed by atoms with Crippen LogP contribution in [-0.2, 0) is 0 Å². The maximum absolute atomic E-state index is 9.86. The predicted molar refractivity (Wildman–Crippen MR) is 63.0 cm³/mol. The van der Waals surface area contributed by atoms with Crippen molar-refractivity contribution in [1.29, 1.82) is 0 Å². The summed E-state index contributed by atoms with van der Waals surface area (Å²) in [5.41, 5.74) is 6.40. The van der Waals surface area contributed by atoms with Crippen LogP contribution in [0.3, 0.4) is 0 Å². The molecule has 0 fully saturated rings. The fraction of sp³-hybridized carbons (Fsp3) is 0.500. The Kier molecular flexibility index (Phi) is 4.43. The lowest BCUT2D eigenvalue weighted by molar-refractivity contribution is 0.314. The Morgan fingerprint density at radius 2 is 1.88 bits per heavy atom. The minimum Gasteiger partial charge on any atom is -0.507 e. The van der Waals surface area contributed by atoms with Gasteiger partial charge in [-0.15, -0.1) is 0 Å². The molecule has 1 aromatic carbocycles. The van der Waals surface area contributed by atoms with E-state index in [2.05, 4.69) is 0 Å². The maximum Gasteiger partial charge on any atom is 0.131 e. The molecule has 3 N–H and O–H groups in total. The lowest BCUT2D eigenvalue weighted by atomic mass is 10.1. The molecule has 0 saturated carbocycles. The van der Waals surface area contributed by atoms with E-state index in [1.54, 1.807) is 19.1 Å². The molecule has 4 heteroatoms. The van der Waals surface area contributed by atoms with E-state index in [0.717, 1.165) is 0 Å². The van der Waals surface area contributed by atoms with Crippen LogP contribution in [-0.4, -0.2) is 18.3 Å². The summed E-state index contributed by atoms with van der Waals surface area (Å²) in [7, 11) is 0. The van der Waals surface area contributed by atoms with Gasteiger partial charge >= 0.3 is 0 Å². The lowest BCUT2D eigenvalue weighted by Crippen LogP contribution is -2.09. The van der Waals surface area contributed by atoms with Crippen molar-refractivity contribution >= 4 is 0 Å². The van der Waals surface area contributed by atoms with Gasteiger partial charge in [0.05, 0.1) is 18.8 Å². The zero-order chi connectivity index (χ0) is 12.1. The van der Waals surface area contributed by atoms with Crippen LogP contribution in [0.15, 0.2) is 12.1 Å². The van der Waals surface area contributed by atoms with Gasteiger partial charge in [-0.3, -0.25) is 0 Å². The fourth-order valence-electron chi connectivity index (χ4n) is 1.57. The monoisotopic (exact) mass is 225 g/mol. The lowest BCUT2D eigenvalue weighted by Gasteiger charge is -2.16. The maximum atomic E-state index is 9.86. The first-order chi connectivity index (χ1) is 7.60. The van der Waals surface area contributed by atoms with E-state index in [1.165, 1.54) is 0 Å². The Morgan fingerprint density at radius 3 is 2.38 bits per heavy atom. The molecule has 0 aromatic heterocycles. The molecule has 0 spiro atoms. The average Bonchev–Trinajstić information content (AvgIpc) is 2.17. The Labute approximate surface area is 96.0 Å². The molecule has 0 unspecified atom stereocenters. The highest BCUT2D eigenvalue weighted by molar-refractivity contribution is 5.51. The molecule has 0 aliphatic heterocycles. The molecule has 0 bridgehead atoms. The normalized spacial score (nSPS) is 12.2. The van der Waals surface area contributed by atoms with Crippen LogP contribution in [0.4, 0.5) is 0 Å². The molecular weight excluding hydrogens is 206 g/mol. The summed E-state index contributed by atoms with van der Waals surface area (Å²) < 4.78 is 10.8. The minimum absolute atomic E-state index is 0.115. The van der Waals surface area contributed by atoms with Crippen LogP contribution in [0.2, 0.25) is 0 Å². The van der Waals surface area contributed by atoms with Gasteiger partial charge in [0.2, 0.25) is 0 Å². The van der Waals surface area contributed by atoms with Crippen LogP contribution in [0, 0.1) is 0 Å². The molecule has 0 saturated heterocycles. The molecule has 0 aliphatic rings. The highest BCUT2D eigenvalue weighted by Gasteiger charge is 2.15. The van der Waals surface area contributed by atoms with E-state index in [1.807, 2.05) is 13.8 Å². The van der Waals surface area contributed by atoms with Crippen LogP contribution in [0.1, 0.15) is 32.4 Å². The third kappa shape index (κ3) is 2.79. The molecule has 1 aromatic rings. The van der Waals surface area contributed by atoms with Crippen molar-refractivity contribution < 1.29 is 14.6 Å². The molecule has 0 heterocycles. The highest BCUT2D eigenvalue weighted by atomic mass is 16.5.